The van der Waals surface area contributed by atoms with Crippen LogP contribution in [0.25, 0.3) is 0 Å². The highest BCUT2D eigenvalue weighted by atomic mass is 32.2. The van der Waals surface area contributed by atoms with Gasteiger partial charge in [-0.2, -0.15) is 0 Å². The van der Waals surface area contributed by atoms with Gasteiger partial charge in [0.2, 0.25) is 5.91 Å². The largest absolute Gasteiger partial charge is 0.337 e. The minimum absolute atomic E-state index is 0.0206. The molecule has 23 heavy (non-hydrogen) atoms. The van der Waals surface area contributed by atoms with Crippen LogP contribution in [0, 0.1) is 11.7 Å². The van der Waals surface area contributed by atoms with Crippen LogP contribution in [0.3, 0.4) is 0 Å². The standard InChI is InChI=1S/C16H23FN2O3S/c1-11(16(20)19-9-8-18-12(2)13(19)3)10-23(21,22)15-6-4-14(17)5-7-15/h4-7,11-13,18H,8-10H2,1-3H3. The molecule has 3 atom stereocenters. The van der Waals surface area contributed by atoms with Crippen molar-refractivity contribution in [3.63, 3.8) is 0 Å². The molecule has 1 aromatic rings. The fourth-order valence-electron chi connectivity index (χ4n) is 2.79. The normalized spacial score (nSPS) is 23.6. The van der Waals surface area contributed by atoms with Crippen molar-refractivity contribution in [2.24, 2.45) is 5.92 Å². The minimum atomic E-state index is -3.62. The summed E-state index contributed by atoms with van der Waals surface area (Å²) in [6.45, 7) is 6.86. The third-order valence-corrected chi connectivity index (χ3v) is 6.31. The van der Waals surface area contributed by atoms with Crippen LogP contribution in [0.1, 0.15) is 20.8 Å². The van der Waals surface area contributed by atoms with E-state index in [4.69, 9.17) is 0 Å². The van der Waals surface area contributed by atoms with Crippen LogP contribution in [0.15, 0.2) is 29.2 Å². The number of amides is 1. The molecule has 0 saturated carbocycles. The first-order valence-corrected chi connectivity index (χ1v) is 9.40. The molecule has 1 aliphatic rings. The SMILES string of the molecule is CC(CS(=O)(=O)c1ccc(F)cc1)C(=O)N1CCNC(C)C1C. The van der Waals surface area contributed by atoms with E-state index in [1.807, 2.05) is 13.8 Å². The Bertz CT molecular complexity index is 660. The topological polar surface area (TPSA) is 66.5 Å². The van der Waals surface area contributed by atoms with E-state index in [-0.39, 0.29) is 28.6 Å². The second kappa shape index (κ2) is 6.97. The van der Waals surface area contributed by atoms with E-state index in [9.17, 15) is 17.6 Å². The molecule has 7 heteroatoms. The minimum Gasteiger partial charge on any atom is -0.337 e. The quantitative estimate of drug-likeness (QED) is 0.841. The Hall–Kier alpha value is -1.47. The summed E-state index contributed by atoms with van der Waals surface area (Å²) in [6.07, 6.45) is 0. The van der Waals surface area contributed by atoms with Gasteiger partial charge in [-0.1, -0.05) is 6.92 Å². The molecule has 0 bridgehead atoms. The van der Waals surface area contributed by atoms with Crippen molar-refractivity contribution >= 4 is 15.7 Å². The first-order valence-electron chi connectivity index (χ1n) is 7.74. The molecule has 1 saturated heterocycles. The van der Waals surface area contributed by atoms with E-state index >= 15 is 0 Å². The zero-order chi connectivity index (χ0) is 17.2. The molecular weight excluding hydrogens is 319 g/mol. The predicted molar refractivity (Wildman–Crippen MR) is 86.3 cm³/mol. The fraction of sp³-hybridized carbons (Fsp3) is 0.562. The van der Waals surface area contributed by atoms with Gasteiger partial charge in [0.05, 0.1) is 10.6 Å². The van der Waals surface area contributed by atoms with Crippen LogP contribution in [0.4, 0.5) is 4.39 Å². The van der Waals surface area contributed by atoms with Gasteiger partial charge in [-0.05, 0) is 38.1 Å². The van der Waals surface area contributed by atoms with Crippen molar-refractivity contribution in [3.05, 3.63) is 30.1 Å². The smallest absolute Gasteiger partial charge is 0.226 e. The van der Waals surface area contributed by atoms with Crippen molar-refractivity contribution in [2.75, 3.05) is 18.8 Å². The van der Waals surface area contributed by atoms with Crippen LogP contribution in [-0.2, 0) is 14.6 Å². The molecular formula is C16H23FN2O3S. The van der Waals surface area contributed by atoms with Gasteiger partial charge in [-0.3, -0.25) is 4.79 Å². The van der Waals surface area contributed by atoms with Gasteiger partial charge in [0.15, 0.2) is 9.84 Å². The van der Waals surface area contributed by atoms with E-state index in [1.54, 1.807) is 11.8 Å². The highest BCUT2D eigenvalue weighted by molar-refractivity contribution is 7.91. The maximum Gasteiger partial charge on any atom is 0.226 e. The third kappa shape index (κ3) is 4.09. The number of nitrogens with zero attached hydrogens (tertiary/aromatic N) is 1. The Morgan fingerprint density at radius 3 is 2.57 bits per heavy atom. The number of halogens is 1. The molecule has 0 spiro atoms. The number of carbonyl (C=O) groups excluding carboxylic acids is 1. The first-order chi connectivity index (χ1) is 10.7. The van der Waals surface area contributed by atoms with Crippen molar-refractivity contribution in [1.29, 1.82) is 0 Å². The lowest BCUT2D eigenvalue weighted by Gasteiger charge is -2.39. The Kier molecular flexibility index (Phi) is 5.41. The Balaban J connectivity index is 2.09. The second-order valence-corrected chi connectivity index (χ2v) is 8.19. The third-order valence-electron chi connectivity index (χ3n) is 4.38. The molecule has 5 nitrogen and oxygen atoms in total. The van der Waals surface area contributed by atoms with Crippen molar-refractivity contribution in [3.8, 4) is 0 Å². The predicted octanol–water partition coefficient (Wildman–Crippen LogP) is 1.44. The molecule has 0 aromatic heterocycles. The van der Waals surface area contributed by atoms with E-state index in [2.05, 4.69) is 5.32 Å². The van der Waals surface area contributed by atoms with Crippen LogP contribution in [0.5, 0.6) is 0 Å². The first kappa shape index (κ1) is 17.9. The van der Waals surface area contributed by atoms with Gasteiger partial charge in [-0.25, -0.2) is 12.8 Å². The Morgan fingerprint density at radius 2 is 1.96 bits per heavy atom. The molecule has 0 aliphatic carbocycles. The van der Waals surface area contributed by atoms with Crippen LogP contribution in [-0.4, -0.2) is 50.2 Å². The lowest BCUT2D eigenvalue weighted by Crippen LogP contribution is -2.58. The van der Waals surface area contributed by atoms with Gasteiger partial charge in [-0.15, -0.1) is 0 Å². The van der Waals surface area contributed by atoms with Gasteiger partial charge >= 0.3 is 0 Å². The zero-order valence-corrected chi connectivity index (χ0v) is 14.4. The summed E-state index contributed by atoms with van der Waals surface area (Å²) < 4.78 is 37.7. The number of hydrogen-bond donors (Lipinski definition) is 1. The fourth-order valence-corrected chi connectivity index (χ4v) is 4.33. The molecule has 1 amide bonds. The van der Waals surface area contributed by atoms with Gasteiger partial charge in [0.1, 0.15) is 5.82 Å². The van der Waals surface area contributed by atoms with Crippen LogP contribution in [0.2, 0.25) is 0 Å². The highest BCUT2D eigenvalue weighted by Gasteiger charge is 2.32. The number of piperazine rings is 1. The average Bonchev–Trinajstić information content (AvgIpc) is 2.49. The molecule has 0 radical (unpaired) electrons. The average molecular weight is 342 g/mol. The summed E-state index contributed by atoms with van der Waals surface area (Å²) in [5.41, 5.74) is 0. The van der Waals surface area contributed by atoms with Crippen LogP contribution >= 0.6 is 0 Å². The highest BCUT2D eigenvalue weighted by Crippen LogP contribution is 2.18. The van der Waals surface area contributed by atoms with Crippen molar-refractivity contribution in [1.82, 2.24) is 10.2 Å². The Labute approximate surface area is 136 Å². The Morgan fingerprint density at radius 1 is 1.35 bits per heavy atom. The summed E-state index contributed by atoms with van der Waals surface area (Å²) in [7, 11) is -3.62. The van der Waals surface area contributed by atoms with Crippen LogP contribution < -0.4 is 5.32 Å². The zero-order valence-electron chi connectivity index (χ0n) is 13.6. The molecule has 1 N–H and O–H groups in total. The van der Waals surface area contributed by atoms with E-state index in [1.165, 1.54) is 12.1 Å². The number of rotatable bonds is 4. The second-order valence-electron chi connectivity index (χ2n) is 6.15. The summed E-state index contributed by atoms with van der Waals surface area (Å²) in [5, 5.41) is 3.29. The monoisotopic (exact) mass is 342 g/mol. The van der Waals surface area contributed by atoms with Gasteiger partial charge in [0.25, 0.3) is 0 Å². The van der Waals surface area contributed by atoms with Gasteiger partial charge in [0, 0.05) is 31.1 Å². The summed E-state index contributed by atoms with van der Waals surface area (Å²) in [6, 6.07) is 4.88. The molecule has 1 aliphatic heterocycles. The summed E-state index contributed by atoms with van der Waals surface area (Å²) in [5.74, 6) is -1.56. The number of nitrogens with one attached hydrogen (secondary N) is 1. The number of carbonyl (C=O) groups is 1. The van der Waals surface area contributed by atoms with Crippen molar-refractivity contribution in [2.45, 2.75) is 37.8 Å². The van der Waals surface area contributed by atoms with E-state index < -0.39 is 21.6 Å². The molecule has 1 heterocycles. The molecule has 128 valence electrons. The molecule has 1 fully saturated rings. The van der Waals surface area contributed by atoms with Gasteiger partial charge < -0.3 is 10.2 Å². The maximum atomic E-state index is 12.9. The number of hydrogen-bond acceptors (Lipinski definition) is 4. The lowest BCUT2D eigenvalue weighted by molar-refractivity contribution is -0.138. The lowest BCUT2D eigenvalue weighted by atomic mass is 10.0. The summed E-state index contributed by atoms with van der Waals surface area (Å²) >= 11 is 0. The molecule has 2 rings (SSSR count). The maximum absolute atomic E-state index is 12.9. The van der Waals surface area contributed by atoms with Crippen molar-refractivity contribution < 1.29 is 17.6 Å². The molecule has 1 aromatic carbocycles. The molecule has 3 unspecified atom stereocenters. The summed E-state index contributed by atoms with van der Waals surface area (Å²) in [4.78, 5) is 14.4. The number of sulfone groups is 1. The van der Waals surface area contributed by atoms with E-state index in [0.717, 1.165) is 12.1 Å². The van der Waals surface area contributed by atoms with E-state index in [0.29, 0.717) is 13.1 Å². The number of benzene rings is 1.